The maximum absolute atomic E-state index is 14.9. The summed E-state index contributed by atoms with van der Waals surface area (Å²) in [7, 11) is 2.57. The first kappa shape index (κ1) is 28.7. The van der Waals surface area contributed by atoms with Crippen LogP contribution in [0.1, 0.15) is 26.9 Å². The van der Waals surface area contributed by atoms with E-state index in [1.54, 1.807) is 12.1 Å². The average molecular weight is 578 g/mol. The Morgan fingerprint density at radius 1 is 1.02 bits per heavy atom. The number of carbonyl (C=O) groups excluding carboxylic acids is 2. The summed E-state index contributed by atoms with van der Waals surface area (Å²) in [6, 6.07) is 11.8. The second kappa shape index (κ2) is 12.7. The van der Waals surface area contributed by atoms with Crippen molar-refractivity contribution in [2.24, 2.45) is 5.10 Å². The van der Waals surface area contributed by atoms with Gasteiger partial charge in [0.25, 0.3) is 11.8 Å². The van der Waals surface area contributed by atoms with Gasteiger partial charge < -0.3 is 19.5 Å². The Hall–Kier alpha value is -4.26. The van der Waals surface area contributed by atoms with Crippen LogP contribution in [0.3, 0.4) is 0 Å². The number of carbonyl (C=O) groups is 2. The summed E-state index contributed by atoms with van der Waals surface area (Å²) < 4.78 is 71.7. The predicted molar refractivity (Wildman–Crippen MR) is 140 cm³/mol. The molecule has 0 bridgehead atoms. The van der Waals surface area contributed by atoms with Crippen molar-refractivity contribution in [2.75, 3.05) is 34.0 Å². The van der Waals surface area contributed by atoms with Crippen molar-refractivity contribution in [1.29, 1.82) is 0 Å². The average Bonchev–Trinajstić information content (AvgIpc) is 3.39. The van der Waals surface area contributed by atoms with E-state index in [0.717, 1.165) is 28.9 Å². The molecule has 0 saturated carbocycles. The van der Waals surface area contributed by atoms with E-state index in [4.69, 9.17) is 14.2 Å². The molecule has 13 heteroatoms. The van der Waals surface area contributed by atoms with Gasteiger partial charge in [0.1, 0.15) is 45.9 Å². The first-order chi connectivity index (χ1) is 19.3. The number of ether oxygens (including phenoxy) is 3. The molecule has 1 atom stereocenters. The fourth-order valence-corrected chi connectivity index (χ4v) is 5.00. The Morgan fingerprint density at radius 2 is 1.73 bits per heavy atom. The number of benzene rings is 3. The van der Waals surface area contributed by atoms with Crippen molar-refractivity contribution in [3.05, 3.63) is 88.7 Å². The molecule has 210 valence electrons. The number of para-hydroxylation sites is 1. The monoisotopic (exact) mass is 577 g/mol. The van der Waals surface area contributed by atoms with Crippen molar-refractivity contribution in [2.45, 2.75) is 5.37 Å². The molecule has 0 fully saturated rings. The quantitative estimate of drug-likeness (QED) is 0.347. The van der Waals surface area contributed by atoms with E-state index in [2.05, 4.69) is 10.4 Å². The highest BCUT2D eigenvalue weighted by Crippen LogP contribution is 2.47. The molecule has 1 aliphatic rings. The number of hydrogen-bond acceptors (Lipinski definition) is 7. The third-order valence-corrected chi connectivity index (χ3v) is 6.88. The van der Waals surface area contributed by atoms with E-state index < -0.39 is 53.5 Å². The van der Waals surface area contributed by atoms with Crippen LogP contribution in [0.25, 0.3) is 0 Å². The minimum absolute atomic E-state index is 0.114. The van der Waals surface area contributed by atoms with Gasteiger partial charge in [-0.05, 0) is 30.3 Å². The fraction of sp³-hybridized carbons (Fsp3) is 0.222. The van der Waals surface area contributed by atoms with Gasteiger partial charge >= 0.3 is 0 Å². The number of thioether (sulfide) groups is 1. The van der Waals surface area contributed by atoms with Crippen LogP contribution in [0, 0.1) is 17.5 Å². The van der Waals surface area contributed by atoms with Gasteiger partial charge in [0.15, 0.2) is 18.1 Å². The zero-order valence-corrected chi connectivity index (χ0v) is 22.1. The van der Waals surface area contributed by atoms with Gasteiger partial charge in [-0.15, -0.1) is 0 Å². The van der Waals surface area contributed by atoms with E-state index in [0.29, 0.717) is 11.1 Å². The molecule has 4 rings (SSSR count). The largest absolute Gasteiger partial charge is 0.497 e. The highest BCUT2D eigenvalue weighted by atomic mass is 32.2. The number of halogens is 4. The van der Waals surface area contributed by atoms with Crippen LogP contribution in [-0.4, -0.2) is 55.9 Å². The molecule has 1 unspecified atom stereocenters. The SMILES string of the molecule is COc1cc(F)c(C(=O)N2N=C(c3ccc(F)cc3)SC2c2cccc(OCC(=O)NCCF)c2OC)c(F)c1. The van der Waals surface area contributed by atoms with Crippen molar-refractivity contribution < 1.29 is 41.4 Å². The number of hydrazone groups is 1. The van der Waals surface area contributed by atoms with Crippen LogP contribution in [0.5, 0.6) is 17.2 Å². The van der Waals surface area contributed by atoms with E-state index in [9.17, 15) is 27.2 Å². The maximum Gasteiger partial charge on any atom is 0.281 e. The molecule has 0 spiro atoms. The first-order valence-electron chi connectivity index (χ1n) is 11.8. The normalized spacial score (nSPS) is 14.5. The summed E-state index contributed by atoms with van der Waals surface area (Å²) in [5.41, 5.74) is -0.0672. The lowest BCUT2D eigenvalue weighted by molar-refractivity contribution is -0.123. The molecule has 1 aliphatic heterocycles. The van der Waals surface area contributed by atoms with Gasteiger partial charge in [-0.25, -0.2) is 22.6 Å². The third-order valence-electron chi connectivity index (χ3n) is 5.66. The Morgan fingerprint density at radius 3 is 2.35 bits per heavy atom. The van der Waals surface area contributed by atoms with Gasteiger partial charge in [0.05, 0.1) is 14.2 Å². The van der Waals surface area contributed by atoms with Crippen LogP contribution in [0.4, 0.5) is 17.6 Å². The standard InChI is InChI=1S/C27H23F4N3O5S/c1-37-17-12-19(30)23(20(31)13-17)26(36)34-27(40-25(33-34)15-6-8-16(29)9-7-15)18-4-3-5-21(24(18)38-2)39-14-22(35)32-11-10-28/h3-9,12-13,27H,10-11,14H2,1-2H3,(H,32,35). The van der Waals surface area contributed by atoms with Crippen molar-refractivity contribution in [1.82, 2.24) is 10.3 Å². The summed E-state index contributed by atoms with van der Waals surface area (Å²) >= 11 is 1.05. The molecule has 0 saturated heterocycles. The van der Waals surface area contributed by atoms with Crippen molar-refractivity contribution in [3.8, 4) is 17.2 Å². The Kier molecular flexibility index (Phi) is 9.15. The molecule has 1 heterocycles. The number of alkyl halides is 1. The number of nitrogens with zero attached hydrogens (tertiary/aromatic N) is 2. The summed E-state index contributed by atoms with van der Waals surface area (Å²) in [4.78, 5) is 25.5. The van der Waals surface area contributed by atoms with Gasteiger partial charge in [0.2, 0.25) is 0 Å². The molecule has 1 N–H and O–H groups in total. The van der Waals surface area contributed by atoms with Crippen LogP contribution in [0.15, 0.2) is 59.7 Å². The molecule has 8 nitrogen and oxygen atoms in total. The van der Waals surface area contributed by atoms with Gasteiger partial charge in [-0.1, -0.05) is 23.9 Å². The number of nitrogens with one attached hydrogen (secondary N) is 1. The van der Waals surface area contributed by atoms with E-state index in [1.807, 2.05) is 0 Å². The number of amides is 2. The highest BCUT2D eigenvalue weighted by molar-refractivity contribution is 8.14. The van der Waals surface area contributed by atoms with Gasteiger partial charge in [-0.2, -0.15) is 5.10 Å². The number of methoxy groups -OCH3 is 2. The zero-order valence-electron chi connectivity index (χ0n) is 21.3. The molecule has 0 aromatic heterocycles. The Bertz CT molecular complexity index is 1420. The lowest BCUT2D eigenvalue weighted by Gasteiger charge is -2.24. The summed E-state index contributed by atoms with van der Waals surface area (Å²) in [6.07, 6.45) is 0. The number of hydrogen-bond donors (Lipinski definition) is 1. The van der Waals surface area contributed by atoms with Crippen LogP contribution in [0.2, 0.25) is 0 Å². The molecular formula is C27H23F4N3O5S. The van der Waals surface area contributed by atoms with Crippen LogP contribution < -0.4 is 19.5 Å². The topological polar surface area (TPSA) is 89.5 Å². The Balaban J connectivity index is 1.74. The summed E-state index contributed by atoms with van der Waals surface area (Å²) in [5, 5.41) is 6.83. The summed E-state index contributed by atoms with van der Waals surface area (Å²) in [5.74, 6) is -4.31. The summed E-state index contributed by atoms with van der Waals surface area (Å²) in [6.45, 7) is -1.35. The van der Waals surface area contributed by atoms with Gasteiger partial charge in [-0.3, -0.25) is 9.59 Å². The predicted octanol–water partition coefficient (Wildman–Crippen LogP) is 4.84. The second-order valence-corrected chi connectivity index (χ2v) is 9.27. The molecule has 3 aromatic rings. The fourth-order valence-electron chi connectivity index (χ4n) is 3.82. The lowest BCUT2D eigenvalue weighted by atomic mass is 10.1. The van der Waals surface area contributed by atoms with E-state index in [1.165, 1.54) is 44.6 Å². The zero-order chi connectivity index (χ0) is 28.8. The second-order valence-electron chi connectivity index (χ2n) is 8.20. The molecular weight excluding hydrogens is 554 g/mol. The first-order valence-corrected chi connectivity index (χ1v) is 12.7. The van der Waals surface area contributed by atoms with Gasteiger partial charge in [0, 0.05) is 29.8 Å². The minimum atomic E-state index is -1.15. The maximum atomic E-state index is 14.9. The number of rotatable bonds is 10. The van der Waals surface area contributed by atoms with Crippen molar-refractivity contribution in [3.63, 3.8) is 0 Å². The van der Waals surface area contributed by atoms with E-state index in [-0.39, 0.29) is 28.8 Å². The Labute approximate surface area is 230 Å². The lowest BCUT2D eigenvalue weighted by Crippen LogP contribution is -2.30. The highest BCUT2D eigenvalue weighted by Gasteiger charge is 2.39. The smallest absolute Gasteiger partial charge is 0.281 e. The van der Waals surface area contributed by atoms with Crippen LogP contribution >= 0.6 is 11.8 Å². The molecule has 2 amide bonds. The molecule has 3 aromatic carbocycles. The minimum Gasteiger partial charge on any atom is -0.497 e. The van der Waals surface area contributed by atoms with Crippen LogP contribution in [-0.2, 0) is 4.79 Å². The molecule has 0 aliphatic carbocycles. The molecule has 40 heavy (non-hydrogen) atoms. The third kappa shape index (κ3) is 6.14. The van der Waals surface area contributed by atoms with E-state index >= 15 is 0 Å². The van der Waals surface area contributed by atoms with Crippen molar-refractivity contribution >= 4 is 28.6 Å². The molecule has 0 radical (unpaired) electrons.